The second kappa shape index (κ2) is 3.34. The van der Waals surface area contributed by atoms with Gasteiger partial charge < -0.3 is 10.3 Å². The van der Waals surface area contributed by atoms with Crippen molar-refractivity contribution in [1.82, 2.24) is 5.16 Å². The number of nitrogen functional groups attached to an aromatic ring is 1. The van der Waals surface area contributed by atoms with Gasteiger partial charge in [-0.15, -0.1) is 0 Å². The molecule has 1 heterocycles. The summed E-state index contributed by atoms with van der Waals surface area (Å²) in [6, 6.07) is 3.86. The molecule has 2 rings (SSSR count). The third-order valence-electron chi connectivity index (χ3n) is 2.17. The maximum absolute atomic E-state index is 13.4. The highest BCUT2D eigenvalue weighted by atomic mass is 19.2. The molecule has 0 radical (unpaired) electrons. The van der Waals surface area contributed by atoms with Crippen molar-refractivity contribution in [3.63, 3.8) is 0 Å². The summed E-state index contributed by atoms with van der Waals surface area (Å²) >= 11 is 0. The maximum Gasteiger partial charge on any atom is 0.225 e. The molecule has 0 aliphatic rings. The average Bonchev–Trinajstić information content (AvgIpc) is 2.53. The van der Waals surface area contributed by atoms with Gasteiger partial charge in [-0.2, -0.15) is 0 Å². The fourth-order valence-electron chi connectivity index (χ4n) is 1.29. The Morgan fingerprint density at radius 1 is 1.33 bits per heavy atom. The van der Waals surface area contributed by atoms with Crippen LogP contribution in [0.5, 0.6) is 0 Å². The van der Waals surface area contributed by atoms with Gasteiger partial charge in [-0.05, 0) is 19.1 Å². The van der Waals surface area contributed by atoms with Gasteiger partial charge in [-0.3, -0.25) is 0 Å². The molecule has 1 aromatic heterocycles. The number of nitrogens with zero attached hydrogens (tertiary/aromatic N) is 1. The number of benzene rings is 1. The van der Waals surface area contributed by atoms with E-state index in [4.69, 9.17) is 5.73 Å². The van der Waals surface area contributed by atoms with Gasteiger partial charge in [0.1, 0.15) is 5.69 Å². The zero-order chi connectivity index (χ0) is 11.0. The minimum atomic E-state index is -0.950. The minimum Gasteiger partial charge on any atom is -0.367 e. The Morgan fingerprint density at radius 2 is 2.07 bits per heavy atom. The molecule has 15 heavy (non-hydrogen) atoms. The van der Waals surface area contributed by atoms with Crippen LogP contribution >= 0.6 is 0 Å². The third-order valence-corrected chi connectivity index (χ3v) is 2.17. The Kier molecular flexibility index (Phi) is 2.15. The molecule has 0 bridgehead atoms. The first-order valence-electron chi connectivity index (χ1n) is 4.27. The molecule has 78 valence electrons. The summed E-state index contributed by atoms with van der Waals surface area (Å²) in [6.07, 6.45) is 0. The Hall–Kier alpha value is -1.91. The predicted molar refractivity (Wildman–Crippen MR) is 51.0 cm³/mol. The van der Waals surface area contributed by atoms with E-state index >= 15 is 0 Å². The number of nitrogens with two attached hydrogens (primary N) is 1. The van der Waals surface area contributed by atoms with Crippen LogP contribution in [0.1, 0.15) is 5.56 Å². The fourth-order valence-corrected chi connectivity index (χ4v) is 1.29. The summed E-state index contributed by atoms with van der Waals surface area (Å²) < 4.78 is 31.0. The highest BCUT2D eigenvalue weighted by Gasteiger charge is 2.16. The van der Waals surface area contributed by atoms with Gasteiger partial charge in [-0.25, -0.2) is 8.78 Å². The van der Waals surface area contributed by atoms with E-state index in [1.807, 2.05) is 0 Å². The van der Waals surface area contributed by atoms with Crippen LogP contribution in [0.25, 0.3) is 11.3 Å². The molecule has 0 unspecified atom stereocenters. The van der Waals surface area contributed by atoms with Crippen molar-refractivity contribution in [2.24, 2.45) is 0 Å². The number of hydrogen-bond donors (Lipinski definition) is 1. The second-order valence-electron chi connectivity index (χ2n) is 3.12. The largest absolute Gasteiger partial charge is 0.367 e. The van der Waals surface area contributed by atoms with Crippen molar-refractivity contribution in [1.29, 1.82) is 0 Å². The van der Waals surface area contributed by atoms with E-state index in [1.54, 1.807) is 6.92 Å². The fraction of sp³-hybridized carbons (Fsp3) is 0.100. The van der Waals surface area contributed by atoms with Gasteiger partial charge in [0.15, 0.2) is 11.6 Å². The minimum absolute atomic E-state index is 0.0490. The van der Waals surface area contributed by atoms with Gasteiger partial charge in [0.2, 0.25) is 5.88 Å². The highest BCUT2D eigenvalue weighted by molar-refractivity contribution is 5.66. The lowest BCUT2D eigenvalue weighted by Gasteiger charge is -2.00. The number of hydrogen-bond acceptors (Lipinski definition) is 3. The lowest BCUT2D eigenvalue weighted by Crippen LogP contribution is -1.91. The second-order valence-corrected chi connectivity index (χ2v) is 3.12. The number of aromatic nitrogens is 1. The topological polar surface area (TPSA) is 52.0 Å². The first-order chi connectivity index (χ1) is 7.11. The van der Waals surface area contributed by atoms with E-state index in [2.05, 4.69) is 9.68 Å². The van der Waals surface area contributed by atoms with Crippen LogP contribution in [0.4, 0.5) is 14.7 Å². The molecule has 5 heteroatoms. The molecule has 0 fully saturated rings. The number of anilines is 1. The summed E-state index contributed by atoms with van der Waals surface area (Å²) in [6.45, 7) is 1.63. The van der Waals surface area contributed by atoms with Gasteiger partial charge in [-0.1, -0.05) is 11.2 Å². The standard InChI is InChI=1S/C10H8F2N2O/c1-5-9(14-15-10(5)13)6-3-2-4-7(11)8(6)12/h2-4H,13H2,1H3. The summed E-state index contributed by atoms with van der Waals surface area (Å²) in [4.78, 5) is 0. The molecule has 0 amide bonds. The summed E-state index contributed by atoms with van der Waals surface area (Å²) in [5, 5.41) is 3.58. The molecule has 0 saturated heterocycles. The summed E-state index contributed by atoms with van der Waals surface area (Å²) in [5.41, 5.74) is 6.20. The Bertz CT molecular complexity index is 508. The van der Waals surface area contributed by atoms with Crippen LogP contribution in [0.15, 0.2) is 22.7 Å². The SMILES string of the molecule is Cc1c(-c2cccc(F)c2F)noc1N. The number of halogens is 2. The molecular formula is C10H8F2N2O. The van der Waals surface area contributed by atoms with Crippen LogP contribution in [0, 0.1) is 18.6 Å². The monoisotopic (exact) mass is 210 g/mol. The van der Waals surface area contributed by atoms with Crippen LogP contribution in [0.3, 0.4) is 0 Å². The van der Waals surface area contributed by atoms with E-state index < -0.39 is 11.6 Å². The smallest absolute Gasteiger partial charge is 0.225 e. The van der Waals surface area contributed by atoms with Crippen LogP contribution < -0.4 is 5.73 Å². The van der Waals surface area contributed by atoms with E-state index in [9.17, 15) is 8.78 Å². The molecule has 0 saturated carbocycles. The predicted octanol–water partition coefficient (Wildman–Crippen LogP) is 2.51. The van der Waals surface area contributed by atoms with Crippen molar-refractivity contribution >= 4 is 5.88 Å². The van der Waals surface area contributed by atoms with Crippen molar-refractivity contribution in [3.05, 3.63) is 35.4 Å². The van der Waals surface area contributed by atoms with Gasteiger partial charge in [0.25, 0.3) is 0 Å². The zero-order valence-corrected chi connectivity index (χ0v) is 7.92. The lowest BCUT2D eigenvalue weighted by atomic mass is 10.1. The number of rotatable bonds is 1. The van der Waals surface area contributed by atoms with Crippen molar-refractivity contribution < 1.29 is 13.3 Å². The van der Waals surface area contributed by atoms with Crippen LogP contribution in [0.2, 0.25) is 0 Å². The first kappa shape index (κ1) is 9.64. The average molecular weight is 210 g/mol. The van der Waals surface area contributed by atoms with Crippen LogP contribution in [-0.2, 0) is 0 Å². The zero-order valence-electron chi connectivity index (χ0n) is 7.92. The molecule has 0 atom stereocenters. The quantitative estimate of drug-likeness (QED) is 0.786. The molecule has 0 aliphatic heterocycles. The van der Waals surface area contributed by atoms with Gasteiger partial charge >= 0.3 is 0 Å². The molecular weight excluding hydrogens is 202 g/mol. The molecule has 2 N–H and O–H groups in total. The van der Waals surface area contributed by atoms with Gasteiger partial charge in [0, 0.05) is 11.1 Å². The normalized spacial score (nSPS) is 10.6. The van der Waals surface area contributed by atoms with Crippen LogP contribution in [-0.4, -0.2) is 5.16 Å². The van der Waals surface area contributed by atoms with Crippen molar-refractivity contribution in [2.75, 3.05) is 5.73 Å². The Balaban J connectivity index is 2.64. The molecule has 2 aromatic rings. The van der Waals surface area contributed by atoms with Crippen molar-refractivity contribution in [3.8, 4) is 11.3 Å². The van der Waals surface area contributed by atoms with E-state index in [0.717, 1.165) is 6.07 Å². The van der Waals surface area contributed by atoms with E-state index in [1.165, 1.54) is 12.1 Å². The molecule has 0 aliphatic carbocycles. The summed E-state index contributed by atoms with van der Waals surface area (Å²) in [5.74, 6) is -1.77. The third kappa shape index (κ3) is 1.45. The van der Waals surface area contributed by atoms with Crippen molar-refractivity contribution in [2.45, 2.75) is 6.92 Å². The highest BCUT2D eigenvalue weighted by Crippen LogP contribution is 2.28. The molecule has 0 spiro atoms. The Labute approximate surface area is 84.5 Å². The Morgan fingerprint density at radius 3 is 2.67 bits per heavy atom. The van der Waals surface area contributed by atoms with E-state index in [0.29, 0.717) is 5.56 Å². The van der Waals surface area contributed by atoms with Gasteiger partial charge in [0.05, 0.1) is 0 Å². The molecule has 1 aromatic carbocycles. The summed E-state index contributed by atoms with van der Waals surface area (Å²) in [7, 11) is 0. The molecule has 3 nitrogen and oxygen atoms in total. The maximum atomic E-state index is 13.4. The van der Waals surface area contributed by atoms with E-state index in [-0.39, 0.29) is 17.1 Å². The first-order valence-corrected chi connectivity index (χ1v) is 4.27. The lowest BCUT2D eigenvalue weighted by molar-refractivity contribution is 0.437.